The summed E-state index contributed by atoms with van der Waals surface area (Å²) in [4.78, 5) is 4.46. The summed E-state index contributed by atoms with van der Waals surface area (Å²) in [7, 11) is -3.52. The first kappa shape index (κ1) is 22.2. The molecule has 0 aliphatic carbocycles. The van der Waals surface area contributed by atoms with Gasteiger partial charge in [-0.05, 0) is 31.4 Å². The zero-order valence-corrected chi connectivity index (χ0v) is 18.3. The van der Waals surface area contributed by atoms with E-state index in [1.165, 1.54) is 32.1 Å². The lowest BCUT2D eigenvalue weighted by Crippen LogP contribution is -2.49. The maximum atomic E-state index is 13.2. The maximum absolute atomic E-state index is 13.2. The number of nitrogens with zero attached hydrogens (tertiary/aromatic N) is 3. The van der Waals surface area contributed by atoms with Gasteiger partial charge in [0.15, 0.2) is 0 Å². The van der Waals surface area contributed by atoms with Gasteiger partial charge in [-0.25, -0.2) is 13.4 Å². The summed E-state index contributed by atoms with van der Waals surface area (Å²) in [5.74, 6) is 6.29. The van der Waals surface area contributed by atoms with Gasteiger partial charge in [-0.2, -0.15) is 4.31 Å². The van der Waals surface area contributed by atoms with E-state index in [1.807, 2.05) is 11.1 Å². The lowest BCUT2D eigenvalue weighted by atomic mass is 10.1. The van der Waals surface area contributed by atoms with E-state index in [0.717, 1.165) is 36.6 Å². The summed E-state index contributed by atoms with van der Waals surface area (Å²) in [5, 5.41) is 3.51. The number of pyridine rings is 1. The van der Waals surface area contributed by atoms with Crippen LogP contribution in [0.1, 0.15) is 58.3 Å². The van der Waals surface area contributed by atoms with Crippen LogP contribution in [0.3, 0.4) is 0 Å². The van der Waals surface area contributed by atoms with Crippen molar-refractivity contribution in [1.29, 1.82) is 0 Å². The molecule has 2 aromatic rings. The second-order valence-electron chi connectivity index (χ2n) is 7.99. The number of aromatic nitrogens is 1. The van der Waals surface area contributed by atoms with E-state index in [2.05, 4.69) is 11.9 Å². The van der Waals surface area contributed by atoms with Crippen molar-refractivity contribution in [2.45, 2.75) is 69.2 Å². The number of sulfonamides is 1. The van der Waals surface area contributed by atoms with Gasteiger partial charge in [0.25, 0.3) is 0 Å². The SMILES string of the molecule is CCCCCCCCN(N)C1CCN(S(=O)(=O)c2cccc3cnccc23)CC1. The normalized spacial score (nSPS) is 16.7. The van der Waals surface area contributed by atoms with Crippen molar-refractivity contribution in [3.05, 3.63) is 36.7 Å². The van der Waals surface area contributed by atoms with Gasteiger partial charge in [-0.3, -0.25) is 10.8 Å². The fourth-order valence-corrected chi connectivity index (χ4v) is 5.81. The third-order valence-corrected chi connectivity index (χ3v) is 7.88. The summed E-state index contributed by atoms with van der Waals surface area (Å²) in [5.41, 5.74) is 0. The highest BCUT2D eigenvalue weighted by atomic mass is 32.2. The Morgan fingerprint density at radius 1 is 1.10 bits per heavy atom. The molecule has 0 amide bonds. The van der Waals surface area contributed by atoms with Crippen LogP contribution in [-0.2, 0) is 10.0 Å². The molecule has 1 aliphatic rings. The molecule has 1 aromatic heterocycles. The third-order valence-electron chi connectivity index (χ3n) is 5.92. The van der Waals surface area contributed by atoms with Crippen molar-refractivity contribution in [2.75, 3.05) is 19.6 Å². The molecule has 0 atom stereocenters. The van der Waals surface area contributed by atoms with Gasteiger partial charge >= 0.3 is 0 Å². The predicted octanol–water partition coefficient (Wildman–Crippen LogP) is 3.92. The second-order valence-corrected chi connectivity index (χ2v) is 9.90. The standard InChI is InChI=1S/C22H34N4O2S/c1-2-3-4-5-6-7-15-26(23)20-12-16-25(17-13-20)29(27,28)22-10-8-9-19-18-24-14-11-21(19)22/h8-11,14,18,20H,2-7,12-13,15-17,23H2,1H3. The van der Waals surface area contributed by atoms with Crippen molar-refractivity contribution >= 4 is 20.8 Å². The number of benzene rings is 1. The average Bonchev–Trinajstić information content (AvgIpc) is 2.75. The summed E-state index contributed by atoms with van der Waals surface area (Å²) in [6.45, 7) is 4.14. The van der Waals surface area contributed by atoms with Gasteiger partial charge in [-0.1, -0.05) is 51.2 Å². The highest BCUT2D eigenvalue weighted by molar-refractivity contribution is 7.89. The molecule has 1 saturated heterocycles. The van der Waals surface area contributed by atoms with Crippen LogP contribution >= 0.6 is 0 Å². The molecule has 1 aromatic carbocycles. The smallest absolute Gasteiger partial charge is 0.243 e. The van der Waals surface area contributed by atoms with E-state index in [9.17, 15) is 8.42 Å². The molecule has 0 saturated carbocycles. The Labute approximate surface area is 175 Å². The highest BCUT2D eigenvalue weighted by Crippen LogP contribution is 2.27. The number of hydrazine groups is 1. The zero-order chi connectivity index (χ0) is 20.7. The van der Waals surface area contributed by atoms with Crippen LogP contribution in [0.5, 0.6) is 0 Å². The second kappa shape index (κ2) is 10.5. The maximum Gasteiger partial charge on any atom is 0.243 e. The summed E-state index contributed by atoms with van der Waals surface area (Å²) in [6.07, 6.45) is 12.4. The third kappa shape index (κ3) is 5.54. The summed E-state index contributed by atoms with van der Waals surface area (Å²) in [6, 6.07) is 7.40. The van der Waals surface area contributed by atoms with Gasteiger partial charge < -0.3 is 0 Å². The lowest BCUT2D eigenvalue weighted by Gasteiger charge is -2.35. The van der Waals surface area contributed by atoms with E-state index in [0.29, 0.717) is 18.0 Å². The fraction of sp³-hybridized carbons (Fsp3) is 0.591. The van der Waals surface area contributed by atoms with Gasteiger partial charge in [0, 0.05) is 48.8 Å². The van der Waals surface area contributed by atoms with Crippen LogP contribution in [0.2, 0.25) is 0 Å². The number of hydrogen-bond acceptors (Lipinski definition) is 5. The van der Waals surface area contributed by atoms with Crippen molar-refractivity contribution in [1.82, 2.24) is 14.3 Å². The molecule has 0 spiro atoms. The molecular formula is C22H34N4O2S. The topological polar surface area (TPSA) is 79.5 Å². The molecule has 1 aliphatic heterocycles. The molecule has 0 unspecified atom stereocenters. The van der Waals surface area contributed by atoms with Gasteiger partial charge in [0.1, 0.15) is 0 Å². The van der Waals surface area contributed by atoms with Gasteiger partial charge in [-0.15, -0.1) is 0 Å². The van der Waals surface area contributed by atoms with Crippen molar-refractivity contribution < 1.29 is 8.42 Å². The Kier molecular flexibility index (Phi) is 8.00. The monoisotopic (exact) mass is 418 g/mol. The van der Waals surface area contributed by atoms with Crippen molar-refractivity contribution in [2.24, 2.45) is 5.84 Å². The first-order chi connectivity index (χ1) is 14.0. The Balaban J connectivity index is 1.54. The summed E-state index contributed by atoms with van der Waals surface area (Å²) < 4.78 is 28.1. The van der Waals surface area contributed by atoms with E-state index < -0.39 is 10.0 Å². The van der Waals surface area contributed by atoms with Crippen LogP contribution in [0, 0.1) is 0 Å². The molecule has 1 fully saturated rings. The largest absolute Gasteiger partial charge is 0.269 e. The minimum absolute atomic E-state index is 0.258. The number of nitrogens with two attached hydrogens (primary N) is 1. The van der Waals surface area contributed by atoms with Gasteiger partial charge in [0.05, 0.1) is 4.90 Å². The molecule has 0 radical (unpaired) electrons. The van der Waals surface area contributed by atoms with E-state index >= 15 is 0 Å². The summed E-state index contributed by atoms with van der Waals surface area (Å²) >= 11 is 0. The predicted molar refractivity (Wildman–Crippen MR) is 118 cm³/mol. The van der Waals surface area contributed by atoms with Crippen LogP contribution in [0.4, 0.5) is 0 Å². The molecular weight excluding hydrogens is 384 g/mol. The van der Waals surface area contributed by atoms with Crippen LogP contribution in [0.25, 0.3) is 10.8 Å². The van der Waals surface area contributed by atoms with Gasteiger partial charge in [0.2, 0.25) is 10.0 Å². The molecule has 29 heavy (non-hydrogen) atoms. The van der Waals surface area contributed by atoms with Crippen LogP contribution in [0.15, 0.2) is 41.6 Å². The first-order valence-electron chi connectivity index (χ1n) is 10.9. The fourth-order valence-electron chi connectivity index (χ4n) is 4.13. The number of fused-ring (bicyclic) bond motifs is 1. The van der Waals surface area contributed by atoms with E-state index in [-0.39, 0.29) is 6.04 Å². The number of piperidine rings is 1. The zero-order valence-electron chi connectivity index (χ0n) is 17.5. The number of hydrogen-bond donors (Lipinski definition) is 1. The molecule has 160 valence electrons. The van der Waals surface area contributed by atoms with E-state index in [4.69, 9.17) is 5.84 Å². The average molecular weight is 419 g/mol. The minimum Gasteiger partial charge on any atom is -0.269 e. The Hall–Kier alpha value is -1.54. The van der Waals surface area contributed by atoms with Crippen molar-refractivity contribution in [3.8, 4) is 0 Å². The Bertz CT molecular complexity index is 874. The Morgan fingerprint density at radius 2 is 1.83 bits per heavy atom. The first-order valence-corrected chi connectivity index (χ1v) is 12.3. The molecule has 2 N–H and O–H groups in total. The van der Waals surface area contributed by atoms with Crippen LogP contribution in [-0.4, -0.2) is 48.4 Å². The van der Waals surface area contributed by atoms with Crippen LogP contribution < -0.4 is 5.84 Å². The van der Waals surface area contributed by atoms with E-state index in [1.54, 1.807) is 34.9 Å². The Morgan fingerprint density at radius 3 is 2.59 bits per heavy atom. The quantitative estimate of drug-likeness (QED) is 0.359. The molecule has 0 bridgehead atoms. The molecule has 2 heterocycles. The van der Waals surface area contributed by atoms with Crippen molar-refractivity contribution in [3.63, 3.8) is 0 Å². The lowest BCUT2D eigenvalue weighted by molar-refractivity contribution is 0.138. The molecule has 7 heteroatoms. The minimum atomic E-state index is -3.52. The highest BCUT2D eigenvalue weighted by Gasteiger charge is 2.31. The number of unbranched alkanes of at least 4 members (excludes halogenated alkanes) is 5. The molecule has 6 nitrogen and oxygen atoms in total. The number of rotatable bonds is 10. The molecule has 3 rings (SSSR count).